The van der Waals surface area contributed by atoms with Gasteiger partial charge < -0.3 is 19.7 Å². The number of hydrogen-bond acceptors (Lipinski definition) is 4. The summed E-state index contributed by atoms with van der Waals surface area (Å²) in [5.74, 6) is 1.44. The van der Waals surface area contributed by atoms with E-state index >= 15 is 0 Å². The van der Waals surface area contributed by atoms with E-state index in [2.05, 4.69) is 19.2 Å². The van der Waals surface area contributed by atoms with E-state index in [0.717, 1.165) is 18.8 Å². The zero-order valence-corrected chi connectivity index (χ0v) is 11.9. The second-order valence-electron chi connectivity index (χ2n) is 5.54. The highest BCUT2D eigenvalue weighted by Crippen LogP contribution is 2.31. The number of fused-ring (bicyclic) bond motifs is 1. The summed E-state index contributed by atoms with van der Waals surface area (Å²) in [5, 5.41) is 3.43. The predicted octanol–water partition coefficient (Wildman–Crippen LogP) is 1.28. The maximum Gasteiger partial charge on any atom is 0.254 e. The summed E-state index contributed by atoms with van der Waals surface area (Å²) in [5.41, 5.74) is 0.663. The molecule has 2 aliphatic heterocycles. The van der Waals surface area contributed by atoms with Crippen molar-refractivity contribution in [2.45, 2.75) is 25.9 Å². The van der Waals surface area contributed by atoms with E-state index in [9.17, 15) is 4.79 Å². The molecular formula is C15H20N2O3. The number of nitrogens with zero attached hydrogens (tertiary/aromatic N) is 1. The van der Waals surface area contributed by atoms with E-state index in [0.29, 0.717) is 36.6 Å². The number of hydrogen-bond donors (Lipinski definition) is 1. The fourth-order valence-electron chi connectivity index (χ4n) is 2.85. The quantitative estimate of drug-likeness (QED) is 0.839. The van der Waals surface area contributed by atoms with Crippen molar-refractivity contribution in [3.8, 4) is 11.5 Å². The molecule has 2 heterocycles. The first-order valence-electron chi connectivity index (χ1n) is 7.08. The van der Waals surface area contributed by atoms with Crippen LogP contribution in [0, 0.1) is 0 Å². The van der Waals surface area contributed by atoms with Crippen LogP contribution in [0.3, 0.4) is 0 Å². The van der Waals surface area contributed by atoms with Gasteiger partial charge in [-0.25, -0.2) is 0 Å². The van der Waals surface area contributed by atoms with E-state index in [1.165, 1.54) is 0 Å². The largest absolute Gasteiger partial charge is 0.486 e. The lowest BCUT2D eigenvalue weighted by atomic mass is 10.1. The first-order chi connectivity index (χ1) is 9.63. The Kier molecular flexibility index (Phi) is 3.53. The lowest BCUT2D eigenvalue weighted by molar-refractivity contribution is 0.0672. The standard InChI is InChI=1S/C15H20N2O3/c1-10-8-17(9-11(2)16-10)15(18)12-3-4-13-14(7-12)20-6-5-19-13/h3-4,7,10-11,16H,5-6,8-9H2,1-2H3. The summed E-state index contributed by atoms with van der Waals surface area (Å²) in [6.45, 7) is 6.76. The van der Waals surface area contributed by atoms with Gasteiger partial charge in [0.1, 0.15) is 13.2 Å². The third kappa shape index (κ3) is 2.58. The van der Waals surface area contributed by atoms with Gasteiger partial charge in [-0.05, 0) is 32.0 Å². The van der Waals surface area contributed by atoms with Gasteiger partial charge in [0.05, 0.1) is 0 Å². The monoisotopic (exact) mass is 276 g/mol. The van der Waals surface area contributed by atoms with Crippen molar-refractivity contribution in [2.75, 3.05) is 26.3 Å². The average molecular weight is 276 g/mol. The number of piperazine rings is 1. The second-order valence-corrected chi connectivity index (χ2v) is 5.54. The van der Waals surface area contributed by atoms with Crippen LogP contribution >= 0.6 is 0 Å². The van der Waals surface area contributed by atoms with Crippen LogP contribution in [0.15, 0.2) is 18.2 Å². The van der Waals surface area contributed by atoms with Crippen molar-refractivity contribution in [1.82, 2.24) is 10.2 Å². The lowest BCUT2D eigenvalue weighted by Crippen LogP contribution is -2.55. The van der Waals surface area contributed by atoms with Gasteiger partial charge in [0.15, 0.2) is 11.5 Å². The molecule has 0 aliphatic carbocycles. The molecule has 2 aliphatic rings. The third-order valence-corrected chi connectivity index (χ3v) is 3.63. The summed E-state index contributed by atoms with van der Waals surface area (Å²) in [6, 6.07) is 6.05. The molecule has 20 heavy (non-hydrogen) atoms. The van der Waals surface area contributed by atoms with Crippen LogP contribution in [0.25, 0.3) is 0 Å². The van der Waals surface area contributed by atoms with Crippen molar-refractivity contribution in [3.63, 3.8) is 0 Å². The van der Waals surface area contributed by atoms with E-state index in [1.54, 1.807) is 6.07 Å². The number of ether oxygens (including phenoxy) is 2. The Balaban J connectivity index is 1.79. The number of benzene rings is 1. The summed E-state index contributed by atoms with van der Waals surface area (Å²) in [7, 11) is 0. The van der Waals surface area contributed by atoms with Crippen molar-refractivity contribution in [3.05, 3.63) is 23.8 Å². The minimum atomic E-state index is 0.0576. The molecule has 0 aromatic heterocycles. The molecule has 2 atom stereocenters. The SMILES string of the molecule is CC1CN(C(=O)c2ccc3c(c2)OCCO3)CC(C)N1. The van der Waals surface area contributed by atoms with Crippen LogP contribution in [-0.4, -0.2) is 49.2 Å². The van der Waals surface area contributed by atoms with Gasteiger partial charge in [-0.2, -0.15) is 0 Å². The number of carbonyl (C=O) groups excluding carboxylic acids is 1. The van der Waals surface area contributed by atoms with Gasteiger partial charge in [-0.3, -0.25) is 4.79 Å². The Morgan fingerprint density at radius 2 is 1.80 bits per heavy atom. The molecule has 5 heteroatoms. The second kappa shape index (κ2) is 5.32. The van der Waals surface area contributed by atoms with Crippen molar-refractivity contribution >= 4 is 5.91 Å². The van der Waals surface area contributed by atoms with Gasteiger partial charge in [-0.15, -0.1) is 0 Å². The van der Waals surface area contributed by atoms with E-state index in [4.69, 9.17) is 9.47 Å². The molecule has 2 unspecified atom stereocenters. The summed E-state index contributed by atoms with van der Waals surface area (Å²) in [4.78, 5) is 14.5. The third-order valence-electron chi connectivity index (χ3n) is 3.63. The van der Waals surface area contributed by atoms with Crippen LogP contribution in [0.5, 0.6) is 11.5 Å². The smallest absolute Gasteiger partial charge is 0.254 e. The van der Waals surface area contributed by atoms with Crippen LogP contribution < -0.4 is 14.8 Å². The van der Waals surface area contributed by atoms with Crippen molar-refractivity contribution in [2.24, 2.45) is 0 Å². The lowest BCUT2D eigenvalue weighted by Gasteiger charge is -2.36. The number of carbonyl (C=O) groups is 1. The molecule has 1 N–H and O–H groups in total. The Labute approximate surface area is 118 Å². The van der Waals surface area contributed by atoms with Crippen LogP contribution in [-0.2, 0) is 0 Å². The summed E-state index contributed by atoms with van der Waals surface area (Å²) < 4.78 is 11.0. The molecule has 3 rings (SSSR count). The fraction of sp³-hybridized carbons (Fsp3) is 0.533. The molecule has 1 fully saturated rings. The zero-order valence-electron chi connectivity index (χ0n) is 11.9. The number of nitrogens with one attached hydrogen (secondary N) is 1. The normalized spacial score (nSPS) is 25.4. The molecule has 1 aromatic rings. The Morgan fingerprint density at radius 3 is 2.50 bits per heavy atom. The molecule has 0 bridgehead atoms. The Bertz CT molecular complexity index is 508. The maximum absolute atomic E-state index is 12.6. The van der Waals surface area contributed by atoms with Crippen molar-refractivity contribution < 1.29 is 14.3 Å². The zero-order chi connectivity index (χ0) is 14.1. The topological polar surface area (TPSA) is 50.8 Å². The molecule has 108 valence electrons. The molecule has 1 saturated heterocycles. The van der Waals surface area contributed by atoms with Crippen molar-refractivity contribution in [1.29, 1.82) is 0 Å². The first kappa shape index (κ1) is 13.2. The Morgan fingerprint density at radius 1 is 1.15 bits per heavy atom. The minimum Gasteiger partial charge on any atom is -0.486 e. The first-order valence-corrected chi connectivity index (χ1v) is 7.08. The minimum absolute atomic E-state index is 0.0576. The molecule has 0 saturated carbocycles. The molecule has 0 radical (unpaired) electrons. The van der Waals surface area contributed by atoms with Gasteiger partial charge in [-0.1, -0.05) is 0 Å². The van der Waals surface area contributed by atoms with E-state index in [-0.39, 0.29) is 5.91 Å². The summed E-state index contributed by atoms with van der Waals surface area (Å²) in [6.07, 6.45) is 0. The van der Waals surface area contributed by atoms with Gasteiger partial charge in [0.2, 0.25) is 0 Å². The van der Waals surface area contributed by atoms with Gasteiger partial charge >= 0.3 is 0 Å². The Hall–Kier alpha value is -1.75. The van der Waals surface area contributed by atoms with E-state index in [1.807, 2.05) is 17.0 Å². The molecule has 5 nitrogen and oxygen atoms in total. The number of rotatable bonds is 1. The van der Waals surface area contributed by atoms with Crippen LogP contribution in [0.1, 0.15) is 24.2 Å². The molecule has 1 aromatic carbocycles. The van der Waals surface area contributed by atoms with Crippen LogP contribution in [0.4, 0.5) is 0 Å². The molecular weight excluding hydrogens is 256 g/mol. The molecule has 0 spiro atoms. The average Bonchev–Trinajstić information content (AvgIpc) is 2.45. The highest BCUT2D eigenvalue weighted by Gasteiger charge is 2.26. The molecule has 1 amide bonds. The highest BCUT2D eigenvalue weighted by molar-refractivity contribution is 5.95. The van der Waals surface area contributed by atoms with Gasteiger partial charge in [0.25, 0.3) is 5.91 Å². The maximum atomic E-state index is 12.6. The summed E-state index contributed by atoms with van der Waals surface area (Å²) >= 11 is 0. The fourth-order valence-corrected chi connectivity index (χ4v) is 2.85. The van der Waals surface area contributed by atoms with E-state index < -0.39 is 0 Å². The predicted molar refractivity (Wildman–Crippen MR) is 75.4 cm³/mol. The van der Waals surface area contributed by atoms with Gasteiger partial charge in [0, 0.05) is 30.7 Å². The number of amides is 1. The highest BCUT2D eigenvalue weighted by atomic mass is 16.6. The van der Waals surface area contributed by atoms with Crippen LogP contribution in [0.2, 0.25) is 0 Å².